The summed E-state index contributed by atoms with van der Waals surface area (Å²) in [5.41, 5.74) is 2.89. The molecule has 0 saturated carbocycles. The van der Waals surface area contributed by atoms with Crippen LogP contribution in [0.15, 0.2) is 61.2 Å². The largest absolute Gasteiger partial charge is 0.423 e. The molecule has 1 aliphatic rings. The van der Waals surface area contributed by atoms with Gasteiger partial charge in [0.2, 0.25) is 0 Å². The van der Waals surface area contributed by atoms with Crippen molar-refractivity contribution in [3.63, 3.8) is 0 Å². The highest BCUT2D eigenvalue weighted by Gasteiger charge is 2.25. The fourth-order valence-corrected chi connectivity index (χ4v) is 3.48. The van der Waals surface area contributed by atoms with Gasteiger partial charge in [0, 0.05) is 0 Å². The van der Waals surface area contributed by atoms with Crippen LogP contribution in [-0.2, 0) is 11.2 Å². The maximum absolute atomic E-state index is 12.4. The molecular formula is C24H28O3. The van der Waals surface area contributed by atoms with Gasteiger partial charge in [-0.3, -0.25) is 0 Å². The first kappa shape index (κ1) is 19.4. The maximum Gasteiger partial charge on any atom is 0.343 e. The highest BCUT2D eigenvalue weighted by Crippen LogP contribution is 2.34. The third-order valence-corrected chi connectivity index (χ3v) is 5.01. The maximum atomic E-state index is 12.4. The summed E-state index contributed by atoms with van der Waals surface area (Å²) in [5.74, 6) is 0.226. The van der Waals surface area contributed by atoms with Crippen LogP contribution in [0.2, 0.25) is 0 Å². The molecular weight excluding hydrogens is 336 g/mol. The first-order valence-electron chi connectivity index (χ1n) is 9.87. The van der Waals surface area contributed by atoms with E-state index >= 15 is 0 Å². The van der Waals surface area contributed by atoms with E-state index in [0.29, 0.717) is 17.4 Å². The molecule has 0 amide bonds. The topological polar surface area (TPSA) is 35.5 Å². The Morgan fingerprint density at radius 1 is 1.15 bits per heavy atom. The van der Waals surface area contributed by atoms with Crippen molar-refractivity contribution in [2.24, 2.45) is 0 Å². The molecule has 2 aromatic rings. The molecule has 27 heavy (non-hydrogen) atoms. The van der Waals surface area contributed by atoms with Crippen LogP contribution in [0, 0.1) is 0 Å². The van der Waals surface area contributed by atoms with Crippen molar-refractivity contribution in [3.05, 3.63) is 77.9 Å². The SMILES string of the molecule is C=CCCc1ccc(OC(=O)c2ccc(C3CCC(CCC)O3)cc2)cc1. The lowest BCUT2D eigenvalue weighted by Gasteiger charge is -2.14. The van der Waals surface area contributed by atoms with Gasteiger partial charge in [0.05, 0.1) is 17.8 Å². The zero-order valence-corrected chi connectivity index (χ0v) is 16.0. The van der Waals surface area contributed by atoms with Crippen molar-refractivity contribution in [2.75, 3.05) is 0 Å². The van der Waals surface area contributed by atoms with Gasteiger partial charge in [-0.15, -0.1) is 6.58 Å². The molecule has 0 bridgehead atoms. The van der Waals surface area contributed by atoms with Gasteiger partial charge in [-0.2, -0.15) is 0 Å². The Morgan fingerprint density at radius 3 is 2.56 bits per heavy atom. The van der Waals surface area contributed by atoms with Crippen LogP contribution in [0.25, 0.3) is 0 Å². The molecule has 2 atom stereocenters. The lowest BCUT2D eigenvalue weighted by Crippen LogP contribution is -2.09. The minimum absolute atomic E-state index is 0.148. The second kappa shape index (κ2) is 9.52. The molecule has 3 heteroatoms. The van der Waals surface area contributed by atoms with Crippen molar-refractivity contribution in [1.82, 2.24) is 0 Å². The summed E-state index contributed by atoms with van der Waals surface area (Å²) in [7, 11) is 0. The first-order valence-corrected chi connectivity index (χ1v) is 9.87. The molecule has 0 N–H and O–H groups in total. The van der Waals surface area contributed by atoms with Crippen LogP contribution in [0.3, 0.4) is 0 Å². The third kappa shape index (κ3) is 5.30. The monoisotopic (exact) mass is 364 g/mol. The van der Waals surface area contributed by atoms with Gasteiger partial charge in [0.25, 0.3) is 0 Å². The van der Waals surface area contributed by atoms with Gasteiger partial charge in [-0.05, 0) is 67.5 Å². The molecule has 0 radical (unpaired) electrons. The molecule has 1 heterocycles. The van der Waals surface area contributed by atoms with Gasteiger partial charge >= 0.3 is 5.97 Å². The van der Waals surface area contributed by atoms with Crippen LogP contribution in [0.4, 0.5) is 0 Å². The summed E-state index contributed by atoms with van der Waals surface area (Å²) < 4.78 is 11.6. The number of benzene rings is 2. The van der Waals surface area contributed by atoms with E-state index in [1.807, 2.05) is 54.6 Å². The number of ether oxygens (including phenoxy) is 2. The van der Waals surface area contributed by atoms with E-state index in [1.165, 1.54) is 5.56 Å². The fourth-order valence-electron chi connectivity index (χ4n) is 3.48. The first-order chi connectivity index (χ1) is 13.2. The van der Waals surface area contributed by atoms with Gasteiger partial charge in [-0.25, -0.2) is 4.79 Å². The van der Waals surface area contributed by atoms with Crippen molar-refractivity contribution in [1.29, 1.82) is 0 Å². The van der Waals surface area contributed by atoms with Crippen molar-refractivity contribution in [3.8, 4) is 5.75 Å². The zero-order chi connectivity index (χ0) is 19.1. The van der Waals surface area contributed by atoms with E-state index in [1.54, 1.807) is 0 Å². The van der Waals surface area contributed by atoms with Gasteiger partial charge in [0.1, 0.15) is 5.75 Å². The van der Waals surface area contributed by atoms with E-state index in [2.05, 4.69) is 13.5 Å². The number of hydrogen-bond donors (Lipinski definition) is 0. The lowest BCUT2D eigenvalue weighted by molar-refractivity contribution is 0.0396. The lowest BCUT2D eigenvalue weighted by atomic mass is 10.0. The van der Waals surface area contributed by atoms with E-state index < -0.39 is 0 Å². The minimum atomic E-state index is -0.336. The summed E-state index contributed by atoms with van der Waals surface area (Å²) in [6, 6.07) is 15.3. The Morgan fingerprint density at radius 2 is 1.89 bits per heavy atom. The van der Waals surface area contributed by atoms with Crippen molar-refractivity contribution < 1.29 is 14.3 Å². The normalized spacial score (nSPS) is 19.0. The molecule has 3 nitrogen and oxygen atoms in total. The molecule has 0 aliphatic carbocycles. The highest BCUT2D eigenvalue weighted by molar-refractivity contribution is 5.91. The quantitative estimate of drug-likeness (QED) is 0.325. The predicted octanol–water partition coefficient (Wildman–Crippen LogP) is 6.04. The molecule has 0 aromatic heterocycles. The number of aryl methyl sites for hydroxylation is 1. The van der Waals surface area contributed by atoms with Crippen LogP contribution in [0.1, 0.15) is 66.6 Å². The van der Waals surface area contributed by atoms with Gasteiger partial charge in [-0.1, -0.05) is 43.7 Å². The number of rotatable bonds is 8. The third-order valence-electron chi connectivity index (χ3n) is 5.01. The molecule has 2 unspecified atom stereocenters. The Labute approximate surface area is 162 Å². The summed E-state index contributed by atoms with van der Waals surface area (Å²) >= 11 is 0. The number of esters is 1. The number of hydrogen-bond acceptors (Lipinski definition) is 3. The molecule has 1 saturated heterocycles. The van der Waals surface area contributed by atoms with Crippen LogP contribution < -0.4 is 4.74 Å². The molecule has 142 valence electrons. The smallest absolute Gasteiger partial charge is 0.343 e. The highest BCUT2D eigenvalue weighted by atomic mass is 16.5. The Balaban J connectivity index is 1.57. The van der Waals surface area contributed by atoms with E-state index in [0.717, 1.165) is 44.1 Å². The van der Waals surface area contributed by atoms with E-state index in [-0.39, 0.29) is 12.1 Å². The van der Waals surface area contributed by atoms with E-state index in [9.17, 15) is 4.79 Å². The summed E-state index contributed by atoms with van der Waals surface area (Å²) in [6.45, 7) is 5.92. The van der Waals surface area contributed by atoms with Crippen LogP contribution >= 0.6 is 0 Å². The van der Waals surface area contributed by atoms with Crippen LogP contribution in [0.5, 0.6) is 5.75 Å². The average molecular weight is 364 g/mol. The number of carbonyl (C=O) groups is 1. The van der Waals surface area contributed by atoms with Crippen molar-refractivity contribution in [2.45, 2.75) is 57.7 Å². The minimum Gasteiger partial charge on any atom is -0.423 e. The second-order valence-corrected chi connectivity index (χ2v) is 7.10. The molecule has 1 aliphatic heterocycles. The molecule has 1 fully saturated rings. The van der Waals surface area contributed by atoms with E-state index in [4.69, 9.17) is 9.47 Å². The zero-order valence-electron chi connectivity index (χ0n) is 16.0. The fraction of sp³-hybridized carbons (Fsp3) is 0.375. The summed E-state index contributed by atoms with van der Waals surface area (Å²) in [4.78, 5) is 12.4. The second-order valence-electron chi connectivity index (χ2n) is 7.10. The summed E-state index contributed by atoms with van der Waals surface area (Å²) in [6.07, 6.45) is 8.74. The Bertz CT molecular complexity index is 746. The Hall–Kier alpha value is -2.39. The van der Waals surface area contributed by atoms with Crippen LogP contribution in [-0.4, -0.2) is 12.1 Å². The van der Waals surface area contributed by atoms with Crippen molar-refractivity contribution >= 4 is 5.97 Å². The average Bonchev–Trinajstić information content (AvgIpc) is 3.16. The summed E-state index contributed by atoms with van der Waals surface area (Å²) in [5, 5.41) is 0. The Kier molecular flexibility index (Phi) is 6.83. The van der Waals surface area contributed by atoms with Gasteiger partial charge in [0.15, 0.2) is 0 Å². The molecule has 0 spiro atoms. The van der Waals surface area contributed by atoms with Gasteiger partial charge < -0.3 is 9.47 Å². The predicted molar refractivity (Wildman–Crippen MR) is 108 cm³/mol. The molecule has 3 rings (SSSR count). The number of allylic oxidation sites excluding steroid dienone is 1. The standard InChI is InChI=1S/C24H28O3/c1-3-5-7-18-8-14-22(15-9-18)27-24(25)20-12-10-19(11-13-20)23-17-16-21(26-23)6-4-2/h3,8-15,21,23H,1,4-7,16-17H2,2H3. The molecule has 2 aromatic carbocycles. The number of carbonyl (C=O) groups excluding carboxylic acids is 1.